The fourth-order valence-corrected chi connectivity index (χ4v) is 1.07. The molecule has 0 radical (unpaired) electrons. The van der Waals surface area contributed by atoms with E-state index in [2.05, 4.69) is 5.43 Å². The summed E-state index contributed by atoms with van der Waals surface area (Å²) in [7, 11) is 3.69. The molecule has 1 aromatic carbocycles. The second-order valence-electron chi connectivity index (χ2n) is 3.32. The molecule has 1 rings (SSSR count). The molecular formula is C10H15FN2O. The summed E-state index contributed by atoms with van der Waals surface area (Å²) >= 11 is 0. The van der Waals surface area contributed by atoms with Crippen LogP contribution in [-0.4, -0.2) is 30.8 Å². The Morgan fingerprint density at radius 3 is 2.43 bits per heavy atom. The molecule has 1 atom stereocenters. The molecule has 2 N–H and O–H groups in total. The lowest BCUT2D eigenvalue weighted by molar-refractivity contribution is 0.141. The fraction of sp³-hybridized carbons (Fsp3) is 0.400. The van der Waals surface area contributed by atoms with E-state index >= 15 is 0 Å². The molecule has 0 bridgehead atoms. The van der Waals surface area contributed by atoms with Gasteiger partial charge in [0.2, 0.25) is 0 Å². The Morgan fingerprint density at radius 1 is 1.36 bits per heavy atom. The number of aliphatic hydroxyl groups excluding tert-OH is 1. The van der Waals surface area contributed by atoms with E-state index in [0.29, 0.717) is 12.1 Å². The molecule has 1 unspecified atom stereocenters. The maximum absolute atomic E-state index is 12.6. The molecule has 0 aromatic heterocycles. The quantitative estimate of drug-likeness (QED) is 0.706. The molecule has 14 heavy (non-hydrogen) atoms. The normalized spacial score (nSPS) is 13.2. The number of benzene rings is 1. The standard InChI is InChI=1S/C10H15FN2O/c1-13(2)12-7-10(14)8-3-5-9(11)6-4-8/h3-6,10,12,14H,7H2,1-2H3. The highest BCUT2D eigenvalue weighted by Gasteiger charge is 2.06. The first-order chi connectivity index (χ1) is 6.59. The molecular weight excluding hydrogens is 183 g/mol. The smallest absolute Gasteiger partial charge is 0.123 e. The van der Waals surface area contributed by atoms with Crippen LogP contribution >= 0.6 is 0 Å². The van der Waals surface area contributed by atoms with Crippen LogP contribution in [0.3, 0.4) is 0 Å². The zero-order valence-corrected chi connectivity index (χ0v) is 8.37. The van der Waals surface area contributed by atoms with Crippen molar-refractivity contribution in [2.24, 2.45) is 0 Å². The van der Waals surface area contributed by atoms with Gasteiger partial charge in [0.25, 0.3) is 0 Å². The summed E-state index contributed by atoms with van der Waals surface area (Å²) < 4.78 is 12.6. The molecule has 0 aliphatic carbocycles. The van der Waals surface area contributed by atoms with Crippen LogP contribution in [0.15, 0.2) is 24.3 Å². The summed E-state index contributed by atoms with van der Waals surface area (Å²) in [5, 5.41) is 11.4. The molecule has 0 saturated heterocycles. The zero-order valence-electron chi connectivity index (χ0n) is 8.37. The lowest BCUT2D eigenvalue weighted by atomic mass is 10.1. The van der Waals surface area contributed by atoms with E-state index in [4.69, 9.17) is 0 Å². The van der Waals surface area contributed by atoms with Crippen LogP contribution < -0.4 is 5.43 Å². The van der Waals surface area contributed by atoms with Gasteiger partial charge in [-0.1, -0.05) is 12.1 Å². The van der Waals surface area contributed by atoms with Gasteiger partial charge in [-0.05, 0) is 17.7 Å². The molecule has 0 aliphatic heterocycles. The Hall–Kier alpha value is -0.970. The summed E-state index contributed by atoms with van der Waals surface area (Å²) in [5.74, 6) is -0.290. The molecule has 0 saturated carbocycles. The summed E-state index contributed by atoms with van der Waals surface area (Å²) in [4.78, 5) is 0. The van der Waals surface area contributed by atoms with Gasteiger partial charge in [-0.3, -0.25) is 10.4 Å². The van der Waals surface area contributed by atoms with Gasteiger partial charge < -0.3 is 5.11 Å². The van der Waals surface area contributed by atoms with Crippen LogP contribution in [0.4, 0.5) is 4.39 Å². The van der Waals surface area contributed by atoms with E-state index in [9.17, 15) is 9.50 Å². The molecule has 0 fully saturated rings. The highest BCUT2D eigenvalue weighted by Crippen LogP contribution is 2.12. The highest BCUT2D eigenvalue weighted by atomic mass is 19.1. The first-order valence-corrected chi connectivity index (χ1v) is 4.44. The van der Waals surface area contributed by atoms with Gasteiger partial charge in [-0.15, -0.1) is 0 Å². The van der Waals surface area contributed by atoms with Gasteiger partial charge in [-0.2, -0.15) is 0 Å². The second kappa shape index (κ2) is 5.05. The van der Waals surface area contributed by atoms with E-state index in [0.717, 1.165) is 0 Å². The molecule has 0 spiro atoms. The molecule has 0 aliphatic rings. The molecule has 0 amide bonds. The predicted octanol–water partition coefficient (Wildman–Crippen LogP) is 0.925. The van der Waals surface area contributed by atoms with Crippen molar-refractivity contribution in [3.63, 3.8) is 0 Å². The van der Waals surface area contributed by atoms with E-state index in [1.54, 1.807) is 17.1 Å². The van der Waals surface area contributed by atoms with E-state index in [1.165, 1.54) is 12.1 Å². The Balaban J connectivity index is 2.52. The topological polar surface area (TPSA) is 35.5 Å². The third kappa shape index (κ3) is 3.41. The van der Waals surface area contributed by atoms with E-state index < -0.39 is 6.10 Å². The van der Waals surface area contributed by atoms with Gasteiger partial charge in [0.05, 0.1) is 6.10 Å². The number of nitrogens with one attached hydrogen (secondary N) is 1. The van der Waals surface area contributed by atoms with Gasteiger partial charge in [0.1, 0.15) is 5.82 Å². The van der Waals surface area contributed by atoms with Crippen molar-refractivity contribution in [3.05, 3.63) is 35.6 Å². The number of halogens is 1. The van der Waals surface area contributed by atoms with Crippen molar-refractivity contribution in [3.8, 4) is 0 Å². The van der Waals surface area contributed by atoms with Crippen LogP contribution in [0.25, 0.3) is 0 Å². The maximum Gasteiger partial charge on any atom is 0.123 e. The minimum atomic E-state index is -0.613. The number of rotatable bonds is 4. The lowest BCUT2D eigenvalue weighted by Gasteiger charge is -2.16. The fourth-order valence-electron chi connectivity index (χ4n) is 1.07. The van der Waals surface area contributed by atoms with Crippen molar-refractivity contribution < 1.29 is 9.50 Å². The number of hydrogen-bond donors (Lipinski definition) is 2. The number of nitrogens with zero attached hydrogens (tertiary/aromatic N) is 1. The Kier molecular flexibility index (Phi) is 4.00. The van der Waals surface area contributed by atoms with Crippen molar-refractivity contribution in [1.29, 1.82) is 0 Å². The van der Waals surface area contributed by atoms with Crippen LogP contribution in [0.5, 0.6) is 0 Å². The van der Waals surface area contributed by atoms with Crippen LogP contribution in [0.2, 0.25) is 0 Å². The summed E-state index contributed by atoms with van der Waals surface area (Å²) in [5.41, 5.74) is 3.66. The summed E-state index contributed by atoms with van der Waals surface area (Å²) in [6, 6.07) is 5.84. The van der Waals surface area contributed by atoms with Crippen molar-refractivity contribution >= 4 is 0 Å². The Labute approximate surface area is 83.1 Å². The van der Waals surface area contributed by atoms with Crippen LogP contribution in [-0.2, 0) is 0 Å². The van der Waals surface area contributed by atoms with Crippen molar-refractivity contribution in [2.75, 3.05) is 20.6 Å². The Bertz CT molecular complexity index is 274. The third-order valence-corrected chi connectivity index (χ3v) is 1.86. The van der Waals surface area contributed by atoms with Gasteiger partial charge >= 0.3 is 0 Å². The average Bonchev–Trinajstić information content (AvgIpc) is 2.15. The first-order valence-electron chi connectivity index (χ1n) is 4.44. The monoisotopic (exact) mass is 198 g/mol. The minimum absolute atomic E-state index is 0.290. The SMILES string of the molecule is CN(C)NCC(O)c1ccc(F)cc1. The van der Waals surface area contributed by atoms with Gasteiger partial charge in [-0.25, -0.2) is 4.39 Å². The minimum Gasteiger partial charge on any atom is -0.387 e. The highest BCUT2D eigenvalue weighted by molar-refractivity contribution is 5.18. The molecule has 78 valence electrons. The van der Waals surface area contributed by atoms with Crippen LogP contribution in [0, 0.1) is 5.82 Å². The number of hydrogen-bond acceptors (Lipinski definition) is 3. The summed E-state index contributed by atoms with van der Waals surface area (Å²) in [6.07, 6.45) is -0.613. The molecule has 1 aromatic rings. The zero-order chi connectivity index (χ0) is 10.6. The lowest BCUT2D eigenvalue weighted by Crippen LogP contribution is -2.33. The van der Waals surface area contributed by atoms with Crippen molar-refractivity contribution in [2.45, 2.75) is 6.10 Å². The molecule has 3 nitrogen and oxygen atoms in total. The summed E-state index contributed by atoms with van der Waals surface area (Å²) in [6.45, 7) is 0.415. The first kappa shape index (κ1) is 11.1. The van der Waals surface area contributed by atoms with E-state index in [1.807, 2.05) is 14.1 Å². The maximum atomic E-state index is 12.6. The average molecular weight is 198 g/mol. The largest absolute Gasteiger partial charge is 0.387 e. The molecule has 0 heterocycles. The predicted molar refractivity (Wildman–Crippen MR) is 53.0 cm³/mol. The van der Waals surface area contributed by atoms with Crippen LogP contribution in [0.1, 0.15) is 11.7 Å². The Morgan fingerprint density at radius 2 is 1.93 bits per heavy atom. The van der Waals surface area contributed by atoms with E-state index in [-0.39, 0.29) is 5.82 Å². The number of hydrazine groups is 1. The second-order valence-corrected chi connectivity index (χ2v) is 3.32. The van der Waals surface area contributed by atoms with Crippen molar-refractivity contribution in [1.82, 2.24) is 10.4 Å². The van der Waals surface area contributed by atoms with Gasteiger partial charge in [0.15, 0.2) is 0 Å². The van der Waals surface area contributed by atoms with Gasteiger partial charge in [0, 0.05) is 20.6 Å². The number of aliphatic hydroxyl groups is 1. The molecule has 4 heteroatoms. The third-order valence-electron chi connectivity index (χ3n) is 1.86.